The number of sulfonamides is 1. The SMILES string of the molecule is COc1ccc(N(CC(=O)Nc2cc(Cl)cc(Cl)c2)S(=O)(=O)c2cccnc2)cc1. The van der Waals surface area contributed by atoms with Crippen LogP contribution in [-0.2, 0) is 14.8 Å². The highest BCUT2D eigenvalue weighted by Crippen LogP contribution is 2.26. The maximum absolute atomic E-state index is 13.2. The highest BCUT2D eigenvalue weighted by atomic mass is 35.5. The molecule has 0 saturated carbocycles. The van der Waals surface area contributed by atoms with Gasteiger partial charge in [0.15, 0.2) is 0 Å². The number of hydrogen-bond acceptors (Lipinski definition) is 5. The first-order chi connectivity index (χ1) is 14.3. The van der Waals surface area contributed by atoms with E-state index in [1.54, 1.807) is 24.3 Å². The number of nitrogens with one attached hydrogen (secondary N) is 1. The molecule has 0 fully saturated rings. The Labute approximate surface area is 184 Å². The lowest BCUT2D eigenvalue weighted by molar-refractivity contribution is -0.114. The van der Waals surface area contributed by atoms with Crippen LogP contribution in [0.2, 0.25) is 10.0 Å². The summed E-state index contributed by atoms with van der Waals surface area (Å²) >= 11 is 11.9. The number of anilines is 2. The fourth-order valence-electron chi connectivity index (χ4n) is 2.65. The van der Waals surface area contributed by atoms with Gasteiger partial charge in [0.2, 0.25) is 5.91 Å². The molecule has 0 aliphatic heterocycles. The van der Waals surface area contributed by atoms with E-state index in [-0.39, 0.29) is 4.90 Å². The first-order valence-corrected chi connectivity index (χ1v) is 10.8. The lowest BCUT2D eigenvalue weighted by Crippen LogP contribution is -2.38. The third-order valence-electron chi connectivity index (χ3n) is 4.02. The third-order valence-corrected chi connectivity index (χ3v) is 6.21. The van der Waals surface area contributed by atoms with Crippen LogP contribution in [0.3, 0.4) is 0 Å². The normalized spacial score (nSPS) is 11.0. The highest BCUT2D eigenvalue weighted by Gasteiger charge is 2.27. The molecule has 2 aromatic carbocycles. The number of benzene rings is 2. The second kappa shape index (κ2) is 9.34. The van der Waals surface area contributed by atoms with Crippen molar-refractivity contribution in [2.45, 2.75) is 4.90 Å². The fraction of sp³-hybridized carbons (Fsp3) is 0.100. The van der Waals surface area contributed by atoms with Crippen LogP contribution in [0.15, 0.2) is 71.9 Å². The van der Waals surface area contributed by atoms with Crippen molar-refractivity contribution in [3.05, 3.63) is 77.0 Å². The summed E-state index contributed by atoms with van der Waals surface area (Å²) in [5, 5.41) is 3.30. The van der Waals surface area contributed by atoms with Gasteiger partial charge < -0.3 is 10.1 Å². The number of ether oxygens (including phenoxy) is 1. The van der Waals surface area contributed by atoms with E-state index < -0.39 is 22.5 Å². The molecule has 0 bridgehead atoms. The van der Waals surface area contributed by atoms with Crippen molar-refractivity contribution >= 4 is 50.5 Å². The summed E-state index contributed by atoms with van der Waals surface area (Å²) < 4.78 is 32.5. The van der Waals surface area contributed by atoms with Crippen molar-refractivity contribution in [3.8, 4) is 5.75 Å². The number of pyridine rings is 1. The molecule has 0 aliphatic rings. The average molecular weight is 466 g/mol. The molecule has 1 heterocycles. The Bertz CT molecular complexity index is 1120. The van der Waals surface area contributed by atoms with Crippen LogP contribution in [0.5, 0.6) is 5.75 Å². The average Bonchev–Trinajstić information content (AvgIpc) is 2.72. The molecular formula is C20H17Cl2N3O4S. The van der Waals surface area contributed by atoms with Crippen LogP contribution < -0.4 is 14.4 Å². The first-order valence-electron chi connectivity index (χ1n) is 8.62. The van der Waals surface area contributed by atoms with E-state index in [4.69, 9.17) is 27.9 Å². The Morgan fingerprint density at radius 3 is 2.33 bits per heavy atom. The summed E-state index contributed by atoms with van der Waals surface area (Å²) in [5.41, 5.74) is 0.643. The molecule has 0 radical (unpaired) electrons. The maximum atomic E-state index is 13.2. The molecule has 3 aromatic rings. The monoisotopic (exact) mass is 465 g/mol. The van der Waals surface area contributed by atoms with Gasteiger partial charge in [0.25, 0.3) is 10.0 Å². The smallest absolute Gasteiger partial charge is 0.266 e. The Balaban J connectivity index is 1.93. The second-order valence-electron chi connectivity index (χ2n) is 6.10. The van der Waals surface area contributed by atoms with Crippen molar-refractivity contribution in [2.75, 3.05) is 23.3 Å². The number of aromatic nitrogens is 1. The van der Waals surface area contributed by atoms with Gasteiger partial charge in [0.05, 0.1) is 12.8 Å². The van der Waals surface area contributed by atoms with E-state index in [2.05, 4.69) is 10.3 Å². The standard InChI is InChI=1S/C20H17Cl2N3O4S/c1-29-18-6-4-17(5-7-18)25(30(27,28)19-3-2-8-23-12-19)13-20(26)24-16-10-14(21)9-15(22)11-16/h2-12H,13H2,1H3,(H,24,26). The van der Waals surface area contributed by atoms with Gasteiger partial charge in [-0.2, -0.15) is 0 Å². The summed E-state index contributed by atoms with van der Waals surface area (Å²) in [5.74, 6) is -0.0212. The lowest BCUT2D eigenvalue weighted by Gasteiger charge is -2.24. The van der Waals surface area contributed by atoms with Crippen LogP contribution >= 0.6 is 23.2 Å². The van der Waals surface area contributed by atoms with E-state index in [1.807, 2.05) is 0 Å². The van der Waals surface area contributed by atoms with Gasteiger partial charge in [-0.1, -0.05) is 23.2 Å². The predicted molar refractivity (Wildman–Crippen MR) is 117 cm³/mol. The topological polar surface area (TPSA) is 88.6 Å². The fourth-order valence-corrected chi connectivity index (χ4v) is 4.56. The molecule has 0 atom stereocenters. The van der Waals surface area contributed by atoms with Crippen molar-refractivity contribution < 1.29 is 17.9 Å². The second-order valence-corrected chi connectivity index (χ2v) is 8.84. The summed E-state index contributed by atoms with van der Waals surface area (Å²) in [4.78, 5) is 16.5. The number of amides is 1. The minimum absolute atomic E-state index is 0.0422. The Hall–Kier alpha value is -2.81. The van der Waals surface area contributed by atoms with Crippen molar-refractivity contribution in [3.63, 3.8) is 0 Å². The highest BCUT2D eigenvalue weighted by molar-refractivity contribution is 7.92. The van der Waals surface area contributed by atoms with Crippen LogP contribution in [0.25, 0.3) is 0 Å². The molecule has 3 rings (SSSR count). The van der Waals surface area contributed by atoms with Gasteiger partial charge in [0, 0.05) is 28.1 Å². The van der Waals surface area contributed by atoms with Crippen molar-refractivity contribution in [1.29, 1.82) is 0 Å². The molecule has 0 aliphatic carbocycles. The van der Waals surface area contributed by atoms with Crippen LogP contribution in [-0.4, -0.2) is 33.0 Å². The Morgan fingerprint density at radius 1 is 1.10 bits per heavy atom. The van der Waals surface area contributed by atoms with Gasteiger partial charge in [-0.05, 0) is 54.6 Å². The van der Waals surface area contributed by atoms with Crippen LogP contribution in [0.1, 0.15) is 0 Å². The van der Waals surface area contributed by atoms with Gasteiger partial charge in [-0.3, -0.25) is 14.1 Å². The largest absolute Gasteiger partial charge is 0.497 e. The van der Waals surface area contributed by atoms with Gasteiger partial charge in [-0.15, -0.1) is 0 Å². The molecule has 7 nitrogen and oxygen atoms in total. The zero-order valence-electron chi connectivity index (χ0n) is 15.7. The van der Waals surface area contributed by atoms with Crippen LogP contribution in [0, 0.1) is 0 Å². The molecule has 30 heavy (non-hydrogen) atoms. The zero-order valence-corrected chi connectivity index (χ0v) is 18.1. The Kier molecular flexibility index (Phi) is 6.81. The summed E-state index contributed by atoms with van der Waals surface area (Å²) in [6, 6.07) is 13.8. The molecule has 0 spiro atoms. The number of methoxy groups -OCH3 is 1. The molecule has 10 heteroatoms. The minimum atomic E-state index is -4.06. The van der Waals surface area contributed by atoms with Crippen molar-refractivity contribution in [1.82, 2.24) is 4.98 Å². The van der Waals surface area contributed by atoms with E-state index >= 15 is 0 Å². The third kappa shape index (κ3) is 5.21. The number of nitrogens with zero attached hydrogens (tertiary/aromatic N) is 2. The van der Waals surface area contributed by atoms with Crippen molar-refractivity contribution in [2.24, 2.45) is 0 Å². The minimum Gasteiger partial charge on any atom is -0.497 e. The molecular weight excluding hydrogens is 449 g/mol. The molecule has 0 saturated heterocycles. The zero-order chi connectivity index (χ0) is 21.7. The number of carbonyl (C=O) groups excluding carboxylic acids is 1. The lowest BCUT2D eigenvalue weighted by atomic mass is 10.3. The van der Waals surface area contributed by atoms with Crippen LogP contribution in [0.4, 0.5) is 11.4 Å². The molecule has 1 N–H and O–H groups in total. The quantitative estimate of drug-likeness (QED) is 0.563. The Morgan fingerprint density at radius 2 is 1.77 bits per heavy atom. The van der Waals surface area contributed by atoms with E-state index in [9.17, 15) is 13.2 Å². The number of halogens is 2. The molecule has 156 valence electrons. The molecule has 1 aromatic heterocycles. The van der Waals surface area contributed by atoms with E-state index in [0.29, 0.717) is 27.2 Å². The molecule has 0 unspecified atom stereocenters. The van der Waals surface area contributed by atoms with Gasteiger partial charge in [-0.25, -0.2) is 8.42 Å². The summed E-state index contributed by atoms with van der Waals surface area (Å²) in [7, 11) is -2.56. The number of hydrogen-bond donors (Lipinski definition) is 1. The number of rotatable bonds is 7. The van der Waals surface area contributed by atoms with Gasteiger partial charge >= 0.3 is 0 Å². The predicted octanol–water partition coefficient (Wildman–Crippen LogP) is 4.23. The van der Waals surface area contributed by atoms with E-state index in [0.717, 1.165) is 4.31 Å². The number of carbonyl (C=O) groups is 1. The summed E-state index contributed by atoms with van der Waals surface area (Å²) in [6.07, 6.45) is 2.69. The maximum Gasteiger partial charge on any atom is 0.266 e. The molecule has 1 amide bonds. The van der Waals surface area contributed by atoms with Gasteiger partial charge in [0.1, 0.15) is 17.2 Å². The first kappa shape index (κ1) is 21.9. The van der Waals surface area contributed by atoms with E-state index in [1.165, 1.54) is 49.8 Å². The summed E-state index contributed by atoms with van der Waals surface area (Å²) in [6.45, 7) is -0.478.